The van der Waals surface area contributed by atoms with E-state index in [1.54, 1.807) is 23.5 Å². The van der Waals surface area contributed by atoms with Crippen LogP contribution in [0.25, 0.3) is 0 Å². The lowest BCUT2D eigenvalue weighted by Crippen LogP contribution is -2.28. The summed E-state index contributed by atoms with van der Waals surface area (Å²) >= 11 is 1.64. The molecular weight excluding hydrogens is 272 g/mol. The van der Waals surface area contributed by atoms with Gasteiger partial charge < -0.3 is 10.6 Å². The van der Waals surface area contributed by atoms with Crippen molar-refractivity contribution in [2.24, 2.45) is 0 Å². The van der Waals surface area contributed by atoms with Crippen molar-refractivity contribution >= 4 is 23.1 Å². The van der Waals surface area contributed by atoms with E-state index in [4.69, 9.17) is 0 Å². The monoisotopic (exact) mass is 290 g/mol. The summed E-state index contributed by atoms with van der Waals surface area (Å²) in [6.45, 7) is 4.80. The molecule has 2 heterocycles. The van der Waals surface area contributed by atoms with Crippen LogP contribution >= 0.6 is 11.3 Å². The Morgan fingerprint density at radius 2 is 2.15 bits per heavy atom. The van der Waals surface area contributed by atoms with Crippen LogP contribution in [-0.2, 0) is 0 Å². The minimum absolute atomic E-state index is 0.0257. The number of nitrogens with one attached hydrogen (secondary N) is 2. The third kappa shape index (κ3) is 3.54. The quantitative estimate of drug-likeness (QED) is 0.858. The molecule has 0 aliphatic rings. The van der Waals surface area contributed by atoms with Crippen LogP contribution in [0.5, 0.6) is 0 Å². The molecule has 0 spiro atoms. The van der Waals surface area contributed by atoms with Gasteiger partial charge in [0.05, 0.1) is 6.04 Å². The van der Waals surface area contributed by atoms with Gasteiger partial charge in [-0.15, -0.1) is 21.5 Å². The highest BCUT2D eigenvalue weighted by molar-refractivity contribution is 7.10. The van der Waals surface area contributed by atoms with Crippen molar-refractivity contribution < 1.29 is 4.79 Å². The minimum atomic E-state index is -0.194. The average molecular weight is 290 g/mol. The van der Waals surface area contributed by atoms with Crippen molar-refractivity contribution in [3.8, 4) is 0 Å². The van der Waals surface area contributed by atoms with E-state index in [2.05, 4.69) is 20.8 Å². The number of thiophene rings is 1. The molecule has 2 aromatic heterocycles. The maximum absolute atomic E-state index is 12.1. The van der Waals surface area contributed by atoms with Crippen LogP contribution in [-0.4, -0.2) is 22.6 Å². The van der Waals surface area contributed by atoms with Gasteiger partial charge in [0.25, 0.3) is 5.91 Å². The summed E-state index contributed by atoms with van der Waals surface area (Å²) in [5.41, 5.74) is 0.335. The second-order valence-corrected chi connectivity index (χ2v) is 5.26. The number of amides is 1. The van der Waals surface area contributed by atoms with E-state index in [9.17, 15) is 4.79 Å². The van der Waals surface area contributed by atoms with Crippen LogP contribution in [0.4, 0.5) is 5.82 Å². The molecule has 0 saturated carbocycles. The highest BCUT2D eigenvalue weighted by atomic mass is 32.1. The van der Waals surface area contributed by atoms with Crippen molar-refractivity contribution in [1.29, 1.82) is 0 Å². The third-order valence-corrected chi connectivity index (χ3v) is 3.84. The Labute approximate surface area is 122 Å². The second-order valence-electron chi connectivity index (χ2n) is 4.28. The van der Waals surface area contributed by atoms with Gasteiger partial charge >= 0.3 is 0 Å². The topological polar surface area (TPSA) is 66.9 Å². The number of carbonyl (C=O) groups excluding carboxylic acids is 1. The standard InChI is InChI=1S/C14H18N4OS/c1-3-10(12-6-5-9-20-12)16-14(19)11-7-8-13(15-4-2)18-17-11/h5-10H,3-4H2,1-2H3,(H,15,18)(H,16,19). The number of nitrogens with zero attached hydrogens (tertiary/aromatic N) is 2. The summed E-state index contributed by atoms with van der Waals surface area (Å²) in [6.07, 6.45) is 0.842. The van der Waals surface area contributed by atoms with Crippen LogP contribution in [0, 0.1) is 0 Å². The van der Waals surface area contributed by atoms with Gasteiger partial charge in [-0.25, -0.2) is 0 Å². The zero-order valence-electron chi connectivity index (χ0n) is 11.6. The van der Waals surface area contributed by atoms with Crippen LogP contribution in [0.3, 0.4) is 0 Å². The van der Waals surface area contributed by atoms with Gasteiger partial charge in [0.2, 0.25) is 0 Å². The van der Waals surface area contributed by atoms with Crippen LogP contribution in [0.1, 0.15) is 41.7 Å². The van der Waals surface area contributed by atoms with E-state index < -0.39 is 0 Å². The molecule has 2 aromatic rings. The van der Waals surface area contributed by atoms with E-state index >= 15 is 0 Å². The largest absolute Gasteiger partial charge is 0.369 e. The molecule has 6 heteroatoms. The van der Waals surface area contributed by atoms with Crippen molar-refractivity contribution in [2.75, 3.05) is 11.9 Å². The Morgan fingerprint density at radius 1 is 1.30 bits per heavy atom. The van der Waals surface area contributed by atoms with Gasteiger partial charge in [-0.3, -0.25) is 4.79 Å². The molecular formula is C14H18N4OS. The van der Waals surface area contributed by atoms with Crippen LogP contribution in [0.2, 0.25) is 0 Å². The van der Waals surface area contributed by atoms with Gasteiger partial charge in [0.15, 0.2) is 5.69 Å². The Balaban J connectivity index is 2.03. The third-order valence-electron chi connectivity index (χ3n) is 2.86. The maximum Gasteiger partial charge on any atom is 0.272 e. The molecule has 0 fully saturated rings. The number of anilines is 1. The molecule has 106 valence electrons. The van der Waals surface area contributed by atoms with Crippen molar-refractivity contribution in [1.82, 2.24) is 15.5 Å². The second kappa shape index (κ2) is 7.00. The molecule has 2 rings (SSSR count). The first-order valence-corrected chi connectivity index (χ1v) is 7.54. The maximum atomic E-state index is 12.1. The van der Waals surface area contributed by atoms with E-state index in [0.29, 0.717) is 11.5 Å². The fourth-order valence-corrected chi connectivity index (χ4v) is 2.69. The Bertz CT molecular complexity index is 539. The number of carbonyl (C=O) groups is 1. The zero-order chi connectivity index (χ0) is 14.4. The molecule has 0 radical (unpaired) electrons. The van der Waals surface area contributed by atoms with Gasteiger partial charge in [0.1, 0.15) is 5.82 Å². The molecule has 5 nitrogen and oxygen atoms in total. The lowest BCUT2D eigenvalue weighted by atomic mass is 10.2. The minimum Gasteiger partial charge on any atom is -0.369 e. The van der Waals surface area contributed by atoms with Crippen LogP contribution < -0.4 is 10.6 Å². The molecule has 0 bridgehead atoms. The fraction of sp³-hybridized carbons (Fsp3) is 0.357. The SMILES string of the molecule is CCNc1ccc(C(=O)NC(CC)c2cccs2)nn1. The molecule has 1 atom stereocenters. The summed E-state index contributed by atoms with van der Waals surface area (Å²) < 4.78 is 0. The molecule has 0 aromatic carbocycles. The lowest BCUT2D eigenvalue weighted by Gasteiger charge is -2.14. The summed E-state index contributed by atoms with van der Waals surface area (Å²) in [7, 11) is 0. The number of hydrogen-bond acceptors (Lipinski definition) is 5. The first-order valence-electron chi connectivity index (χ1n) is 6.66. The normalized spacial score (nSPS) is 11.9. The highest BCUT2D eigenvalue weighted by Crippen LogP contribution is 2.21. The number of rotatable bonds is 6. The molecule has 1 amide bonds. The first kappa shape index (κ1) is 14.5. The van der Waals surface area contributed by atoms with E-state index in [1.807, 2.05) is 31.4 Å². The van der Waals surface area contributed by atoms with Crippen molar-refractivity contribution in [3.05, 3.63) is 40.2 Å². The van der Waals surface area contributed by atoms with E-state index in [0.717, 1.165) is 17.8 Å². The summed E-state index contributed by atoms with van der Waals surface area (Å²) in [5.74, 6) is 0.482. The number of hydrogen-bond donors (Lipinski definition) is 2. The zero-order valence-corrected chi connectivity index (χ0v) is 12.4. The lowest BCUT2D eigenvalue weighted by molar-refractivity contribution is 0.0930. The molecule has 0 aliphatic carbocycles. The van der Waals surface area contributed by atoms with E-state index in [1.165, 1.54) is 0 Å². The fourth-order valence-electron chi connectivity index (χ4n) is 1.82. The summed E-state index contributed by atoms with van der Waals surface area (Å²) in [6, 6.07) is 7.48. The molecule has 20 heavy (non-hydrogen) atoms. The van der Waals surface area contributed by atoms with Crippen LogP contribution in [0.15, 0.2) is 29.6 Å². The Hall–Kier alpha value is -1.95. The summed E-state index contributed by atoms with van der Waals surface area (Å²) in [4.78, 5) is 13.3. The smallest absolute Gasteiger partial charge is 0.272 e. The molecule has 0 saturated heterocycles. The summed E-state index contributed by atoms with van der Waals surface area (Å²) in [5, 5.41) is 15.9. The average Bonchev–Trinajstić information content (AvgIpc) is 2.99. The van der Waals surface area contributed by atoms with Gasteiger partial charge in [-0.2, -0.15) is 0 Å². The predicted molar refractivity (Wildman–Crippen MR) is 81.0 cm³/mol. The van der Waals surface area contributed by atoms with Gasteiger partial charge in [-0.1, -0.05) is 13.0 Å². The van der Waals surface area contributed by atoms with Gasteiger partial charge in [-0.05, 0) is 36.9 Å². The van der Waals surface area contributed by atoms with Crippen molar-refractivity contribution in [2.45, 2.75) is 26.3 Å². The molecule has 0 aliphatic heterocycles. The van der Waals surface area contributed by atoms with Crippen molar-refractivity contribution in [3.63, 3.8) is 0 Å². The number of aromatic nitrogens is 2. The highest BCUT2D eigenvalue weighted by Gasteiger charge is 2.16. The van der Waals surface area contributed by atoms with E-state index in [-0.39, 0.29) is 11.9 Å². The molecule has 1 unspecified atom stereocenters. The molecule has 2 N–H and O–H groups in total. The Kier molecular flexibility index (Phi) is 5.06. The van der Waals surface area contributed by atoms with Gasteiger partial charge in [0, 0.05) is 11.4 Å². The Morgan fingerprint density at radius 3 is 2.70 bits per heavy atom. The predicted octanol–water partition coefficient (Wildman–Crippen LogP) is 2.85. The first-order chi connectivity index (χ1) is 9.74.